The number of aromatic amines is 1. The number of H-pyrrole nitrogens is 1. The van der Waals surface area contributed by atoms with Gasteiger partial charge in [-0.2, -0.15) is 0 Å². The summed E-state index contributed by atoms with van der Waals surface area (Å²) in [6, 6.07) is 0. The minimum atomic E-state index is -0.140. The number of hydrogen-bond acceptors (Lipinski definition) is 1. The van der Waals surface area contributed by atoms with Gasteiger partial charge in [0, 0.05) is 10.3 Å². The molecule has 1 aromatic heterocycles. The molecule has 0 bridgehead atoms. The summed E-state index contributed by atoms with van der Waals surface area (Å²) in [6.45, 7) is 14.4. The van der Waals surface area contributed by atoms with E-state index in [1.165, 1.54) is 0 Å². The lowest BCUT2D eigenvalue weighted by molar-refractivity contribution is -0.511. The molecule has 0 atom stereocenters. The van der Waals surface area contributed by atoms with Gasteiger partial charge in [-0.25, -0.2) is 0 Å². The van der Waals surface area contributed by atoms with Crippen LogP contribution in [0.4, 0.5) is 0 Å². The first-order valence-corrected chi connectivity index (χ1v) is 5.70. The van der Waals surface area contributed by atoms with Gasteiger partial charge in [0.15, 0.2) is 0 Å². The van der Waals surface area contributed by atoms with Crippen LogP contribution in [0.25, 0.3) is 0 Å². The largest absolute Gasteiger partial charge is 0.352 e. The molecule has 0 radical (unpaired) electrons. The Labute approximate surface area is 97.5 Å². The van der Waals surface area contributed by atoms with Gasteiger partial charge in [0.1, 0.15) is 0 Å². The average Bonchev–Trinajstić information content (AvgIpc) is 1.97. The van der Waals surface area contributed by atoms with E-state index in [1.807, 2.05) is 27.7 Å². The van der Waals surface area contributed by atoms with Crippen LogP contribution in [0.3, 0.4) is 0 Å². The van der Waals surface area contributed by atoms with Crippen molar-refractivity contribution in [2.45, 2.75) is 59.3 Å². The first kappa shape index (κ1) is 12.9. The lowest BCUT2D eigenvalue weighted by Crippen LogP contribution is -2.35. The summed E-state index contributed by atoms with van der Waals surface area (Å²) < 4.78 is 1.01. The molecule has 0 saturated carbocycles. The van der Waals surface area contributed by atoms with Crippen LogP contribution in [0.15, 0.2) is 6.20 Å². The summed E-state index contributed by atoms with van der Waals surface area (Å²) in [5.41, 5.74) is 2.55. The molecule has 1 rings (SSSR count). The van der Waals surface area contributed by atoms with E-state index in [2.05, 4.69) is 25.8 Å². The highest BCUT2D eigenvalue weighted by Crippen LogP contribution is 2.24. The molecule has 0 aromatic carbocycles. The van der Waals surface area contributed by atoms with Crippen molar-refractivity contribution < 1.29 is 4.43 Å². The molecule has 3 heteroatoms. The molecular weight excluding hydrogens is 200 g/mol. The first-order valence-electron chi connectivity index (χ1n) is 5.70. The van der Waals surface area contributed by atoms with Gasteiger partial charge in [-0.05, 0) is 27.7 Å². The van der Waals surface area contributed by atoms with Crippen molar-refractivity contribution in [3.05, 3.63) is 28.2 Å². The fourth-order valence-electron chi connectivity index (χ4n) is 1.91. The van der Waals surface area contributed by atoms with E-state index in [0.29, 0.717) is 0 Å². The van der Waals surface area contributed by atoms with Gasteiger partial charge in [0.05, 0.1) is 21.2 Å². The fourth-order valence-corrected chi connectivity index (χ4v) is 1.91. The number of aryl methyl sites for hydroxylation is 1. The van der Waals surface area contributed by atoms with E-state index in [9.17, 15) is 4.91 Å². The van der Waals surface area contributed by atoms with Crippen molar-refractivity contribution in [1.82, 2.24) is 4.98 Å². The van der Waals surface area contributed by atoms with Gasteiger partial charge in [0.2, 0.25) is 6.20 Å². The van der Waals surface area contributed by atoms with Gasteiger partial charge in [-0.1, -0.05) is 20.8 Å². The summed E-state index contributed by atoms with van der Waals surface area (Å²) in [7, 11) is 0. The lowest BCUT2D eigenvalue weighted by Gasteiger charge is -2.19. The van der Waals surface area contributed by atoms with Crippen molar-refractivity contribution >= 4 is 0 Å². The maximum Gasteiger partial charge on any atom is 0.263 e. The van der Waals surface area contributed by atoms with Gasteiger partial charge >= 0.3 is 0 Å². The summed E-state index contributed by atoms with van der Waals surface area (Å²) in [4.78, 5) is 15.4. The molecule has 90 valence electrons. The van der Waals surface area contributed by atoms with Crippen molar-refractivity contribution in [3.8, 4) is 0 Å². The molecule has 0 saturated heterocycles. The first-order chi connectivity index (χ1) is 7.03. The molecule has 1 N–H and O–H groups in total. The van der Waals surface area contributed by atoms with E-state index in [0.717, 1.165) is 21.5 Å². The van der Waals surface area contributed by atoms with Crippen LogP contribution in [0.2, 0.25) is 0 Å². The Morgan fingerprint density at radius 1 is 1.06 bits per heavy atom. The van der Waals surface area contributed by atoms with Gasteiger partial charge in [-0.15, -0.1) is 0 Å². The van der Waals surface area contributed by atoms with E-state index in [4.69, 9.17) is 0 Å². The molecule has 0 fully saturated rings. The number of rotatable bonds is 0. The second-order valence-electron chi connectivity index (χ2n) is 6.47. The number of aromatic nitrogens is 2. The van der Waals surface area contributed by atoms with E-state index in [-0.39, 0.29) is 10.8 Å². The van der Waals surface area contributed by atoms with Crippen LogP contribution in [0.5, 0.6) is 0 Å². The molecule has 0 aliphatic heterocycles. The van der Waals surface area contributed by atoms with E-state index < -0.39 is 0 Å². The normalized spacial score (nSPS) is 12.9. The zero-order valence-corrected chi connectivity index (χ0v) is 11.4. The van der Waals surface area contributed by atoms with Crippen LogP contribution >= 0.6 is 0 Å². The Morgan fingerprint density at radius 3 is 1.88 bits per heavy atom. The van der Waals surface area contributed by atoms with Crippen molar-refractivity contribution in [1.29, 1.82) is 0 Å². The highest BCUT2D eigenvalue weighted by molar-refractivity contribution is 5.17. The minimum absolute atomic E-state index is 0.0344. The predicted molar refractivity (Wildman–Crippen MR) is 66.3 cm³/mol. The molecule has 16 heavy (non-hydrogen) atoms. The van der Waals surface area contributed by atoms with Crippen LogP contribution in [-0.2, 0) is 10.8 Å². The molecule has 1 heterocycles. The number of hydrogen-bond donors (Lipinski definition) is 1. The maximum absolute atomic E-state index is 12.1. The lowest BCUT2D eigenvalue weighted by atomic mass is 9.88. The van der Waals surface area contributed by atoms with Gasteiger partial charge in [-0.3, -0.25) is 0 Å². The molecule has 0 aliphatic carbocycles. The summed E-state index contributed by atoms with van der Waals surface area (Å²) in [5, 5.41) is 0. The zero-order chi connectivity index (χ0) is 12.7. The molecular formula is C13H23N2O+. The maximum atomic E-state index is 12.1. The third kappa shape index (κ3) is 2.52. The highest BCUT2D eigenvalue weighted by atomic mass is 16.3. The fraction of sp³-hybridized carbons (Fsp3) is 0.692. The third-order valence-corrected chi connectivity index (χ3v) is 2.66. The monoisotopic (exact) mass is 223 g/mol. The Balaban J connectivity index is 3.47. The van der Waals surface area contributed by atoms with E-state index in [1.54, 1.807) is 6.20 Å². The second-order valence-corrected chi connectivity index (χ2v) is 6.47. The number of nitrogens with one attached hydrogen (secondary N) is 1. The van der Waals surface area contributed by atoms with E-state index >= 15 is 0 Å². The Bertz CT molecular complexity index is 444. The predicted octanol–water partition coefficient (Wildman–Crippen LogP) is 2.83. The molecule has 1 aromatic rings. The standard InChI is InChI=1S/C13H23N2O/c1-9-11(13(5,6)7)15(16)8-10(14-9)12(2,3)4/h8H,1-7H3,(H,14,16)/q+1. The third-order valence-electron chi connectivity index (χ3n) is 2.66. The molecule has 0 unspecified atom stereocenters. The minimum Gasteiger partial charge on any atom is -0.352 e. The Kier molecular flexibility index (Phi) is 3.01. The molecule has 0 amide bonds. The topological polar surface area (TPSA) is 38.8 Å². The van der Waals surface area contributed by atoms with Crippen LogP contribution in [-0.4, -0.2) is 4.98 Å². The van der Waals surface area contributed by atoms with Crippen LogP contribution in [0, 0.1) is 11.8 Å². The second kappa shape index (κ2) is 3.72. The smallest absolute Gasteiger partial charge is 0.263 e. The molecule has 3 nitrogen and oxygen atoms in total. The van der Waals surface area contributed by atoms with Crippen molar-refractivity contribution in [2.24, 2.45) is 0 Å². The zero-order valence-electron chi connectivity index (χ0n) is 11.4. The van der Waals surface area contributed by atoms with Crippen LogP contribution in [0.1, 0.15) is 58.6 Å². The summed E-state index contributed by atoms with van der Waals surface area (Å²) in [5.74, 6) is 0. The Hall–Kier alpha value is -1.12. The van der Waals surface area contributed by atoms with Crippen molar-refractivity contribution in [3.63, 3.8) is 0 Å². The van der Waals surface area contributed by atoms with Gasteiger partial charge < -0.3 is 4.98 Å². The highest BCUT2D eigenvalue weighted by Gasteiger charge is 2.30. The molecule has 0 aliphatic rings. The van der Waals surface area contributed by atoms with Crippen molar-refractivity contribution in [2.75, 3.05) is 0 Å². The summed E-state index contributed by atoms with van der Waals surface area (Å²) in [6.07, 6.45) is 1.66. The average molecular weight is 223 g/mol. The SMILES string of the molecule is Cc1[nH]c(C(C)(C)C)c[n+](=O)c1C(C)(C)C. The van der Waals surface area contributed by atoms with Crippen LogP contribution < -0.4 is 4.43 Å². The summed E-state index contributed by atoms with van der Waals surface area (Å²) >= 11 is 0. The Morgan fingerprint density at radius 2 is 1.56 bits per heavy atom. The molecule has 0 spiro atoms. The quantitative estimate of drug-likeness (QED) is 0.675. The van der Waals surface area contributed by atoms with Gasteiger partial charge in [0.25, 0.3) is 5.69 Å². The number of nitrogens with zero attached hydrogens (tertiary/aromatic N) is 1.